The van der Waals surface area contributed by atoms with Crippen LogP contribution in [0.4, 0.5) is 0 Å². The average molecular weight is 454 g/mol. The summed E-state index contributed by atoms with van der Waals surface area (Å²) in [7, 11) is 0. The van der Waals surface area contributed by atoms with Gasteiger partial charge in [0.2, 0.25) is 0 Å². The first kappa shape index (κ1) is 21.9. The van der Waals surface area contributed by atoms with Gasteiger partial charge in [0, 0.05) is 37.0 Å². The molecular weight excluding hydrogens is 426 g/mol. The molecule has 3 heterocycles. The number of likely N-dealkylation sites (tertiary alicyclic amines) is 1. The van der Waals surface area contributed by atoms with Crippen LogP contribution in [0.2, 0.25) is 0 Å². The maximum atomic E-state index is 13.3. The van der Waals surface area contributed by atoms with Crippen LogP contribution in [0.15, 0.2) is 79.1 Å². The number of amides is 1. The van der Waals surface area contributed by atoms with Crippen LogP contribution >= 0.6 is 0 Å². The van der Waals surface area contributed by atoms with E-state index < -0.39 is 0 Å². The molecule has 1 aliphatic rings. The molecule has 0 atom stereocenters. The summed E-state index contributed by atoms with van der Waals surface area (Å²) in [4.78, 5) is 32.6. The number of carbonyl (C=O) groups excluding carboxylic acids is 2. The zero-order valence-corrected chi connectivity index (χ0v) is 19.2. The van der Waals surface area contributed by atoms with E-state index in [4.69, 9.17) is 4.74 Å². The second-order valence-electron chi connectivity index (χ2n) is 8.74. The Labute approximate surface area is 198 Å². The van der Waals surface area contributed by atoms with E-state index in [0.717, 1.165) is 22.5 Å². The quantitative estimate of drug-likeness (QED) is 0.387. The largest absolute Gasteiger partial charge is 0.486 e. The summed E-state index contributed by atoms with van der Waals surface area (Å²) in [6.45, 7) is 3.42. The first-order valence-corrected chi connectivity index (χ1v) is 11.6. The average Bonchev–Trinajstić information content (AvgIpc) is 3.32. The number of piperidine rings is 1. The first-order valence-electron chi connectivity index (χ1n) is 11.6. The van der Waals surface area contributed by atoms with Gasteiger partial charge in [0.05, 0.1) is 11.3 Å². The predicted octanol–water partition coefficient (Wildman–Crippen LogP) is 4.96. The summed E-state index contributed by atoms with van der Waals surface area (Å²) < 4.78 is 8.02. The summed E-state index contributed by atoms with van der Waals surface area (Å²) in [6, 6.07) is 20.7. The van der Waals surface area contributed by atoms with Gasteiger partial charge >= 0.3 is 0 Å². The number of carbonyl (C=O) groups is 2. The number of nitrogens with zero attached hydrogens (tertiary/aromatic N) is 3. The van der Waals surface area contributed by atoms with Crippen LogP contribution in [0.5, 0.6) is 5.75 Å². The van der Waals surface area contributed by atoms with Crippen molar-refractivity contribution in [3.8, 4) is 5.75 Å². The number of Topliss-reactive ketones (excluding diaryl/α,β-unsaturated/α-hetero) is 1. The molecule has 6 nitrogen and oxygen atoms in total. The summed E-state index contributed by atoms with van der Waals surface area (Å²) in [5, 5.41) is 0. The van der Waals surface area contributed by atoms with Crippen LogP contribution in [0.3, 0.4) is 0 Å². The highest BCUT2D eigenvalue weighted by molar-refractivity contribution is 5.99. The molecule has 4 aromatic rings. The fraction of sp³-hybridized carbons (Fsp3) is 0.250. The molecule has 2 aromatic carbocycles. The van der Waals surface area contributed by atoms with Crippen molar-refractivity contribution >= 4 is 17.3 Å². The van der Waals surface area contributed by atoms with E-state index in [2.05, 4.69) is 4.98 Å². The van der Waals surface area contributed by atoms with Crippen molar-refractivity contribution in [2.24, 2.45) is 5.92 Å². The fourth-order valence-electron chi connectivity index (χ4n) is 4.55. The predicted molar refractivity (Wildman–Crippen MR) is 130 cm³/mol. The number of rotatable bonds is 6. The highest BCUT2D eigenvalue weighted by Crippen LogP contribution is 2.26. The first-order chi connectivity index (χ1) is 16.6. The van der Waals surface area contributed by atoms with Crippen LogP contribution in [0.25, 0.3) is 5.65 Å². The molecule has 0 N–H and O–H groups in total. The molecule has 6 heteroatoms. The van der Waals surface area contributed by atoms with Gasteiger partial charge in [-0.15, -0.1) is 0 Å². The highest BCUT2D eigenvalue weighted by Gasteiger charge is 2.29. The summed E-state index contributed by atoms with van der Waals surface area (Å²) in [6.07, 6.45) is 5.25. The molecule has 1 fully saturated rings. The Balaban J connectivity index is 1.24. The number of benzene rings is 2. The van der Waals surface area contributed by atoms with Crippen LogP contribution in [0, 0.1) is 12.8 Å². The van der Waals surface area contributed by atoms with Crippen molar-refractivity contribution < 1.29 is 14.3 Å². The normalized spacial score (nSPS) is 14.3. The number of ketones is 1. The Morgan fingerprint density at radius 2 is 1.71 bits per heavy atom. The highest BCUT2D eigenvalue weighted by atomic mass is 16.5. The molecule has 0 saturated carbocycles. The van der Waals surface area contributed by atoms with Crippen LogP contribution in [-0.2, 0) is 6.61 Å². The van der Waals surface area contributed by atoms with Crippen molar-refractivity contribution in [3.05, 3.63) is 102 Å². The van der Waals surface area contributed by atoms with Gasteiger partial charge in [0.1, 0.15) is 18.0 Å². The molecule has 0 bridgehead atoms. The van der Waals surface area contributed by atoms with E-state index in [0.29, 0.717) is 37.2 Å². The summed E-state index contributed by atoms with van der Waals surface area (Å²) in [5.41, 5.74) is 4.08. The number of pyridine rings is 1. The Hall–Kier alpha value is -3.93. The number of hydrogen-bond acceptors (Lipinski definition) is 4. The number of aryl methyl sites for hydroxylation is 1. The van der Waals surface area contributed by atoms with E-state index >= 15 is 0 Å². The summed E-state index contributed by atoms with van der Waals surface area (Å²) >= 11 is 0. The maximum Gasteiger partial charge on any atom is 0.257 e. The van der Waals surface area contributed by atoms with Crippen molar-refractivity contribution in [3.63, 3.8) is 0 Å². The lowest BCUT2D eigenvalue weighted by Gasteiger charge is -2.31. The Bertz CT molecular complexity index is 1320. The third kappa shape index (κ3) is 4.44. The molecule has 0 unspecified atom stereocenters. The number of imidazole rings is 1. The van der Waals surface area contributed by atoms with E-state index in [9.17, 15) is 9.59 Å². The molecular formula is C28H27N3O3. The standard InChI is InChI=1S/C28H27N3O3/c1-20-8-7-15-31-18-23(29-27(20)31)19-34-25-12-6-5-11-24(25)28(33)30-16-13-22(14-17-30)26(32)21-9-3-2-4-10-21/h2-12,15,18,22H,13-14,16-17,19H2,1H3. The van der Waals surface area contributed by atoms with Crippen LogP contribution in [-0.4, -0.2) is 39.1 Å². The zero-order chi connectivity index (χ0) is 23.5. The number of aromatic nitrogens is 2. The van der Waals surface area contributed by atoms with Gasteiger partial charge < -0.3 is 14.0 Å². The van der Waals surface area contributed by atoms with Gasteiger partial charge in [0.15, 0.2) is 5.78 Å². The molecule has 0 radical (unpaired) electrons. The number of hydrogen-bond donors (Lipinski definition) is 0. The lowest BCUT2D eigenvalue weighted by Crippen LogP contribution is -2.40. The van der Waals surface area contributed by atoms with E-state index in [1.807, 2.05) is 89.3 Å². The third-order valence-electron chi connectivity index (χ3n) is 6.43. The lowest BCUT2D eigenvalue weighted by molar-refractivity contribution is 0.0646. The van der Waals surface area contributed by atoms with E-state index in [1.54, 1.807) is 6.07 Å². The minimum atomic E-state index is -0.0629. The van der Waals surface area contributed by atoms with E-state index in [-0.39, 0.29) is 24.2 Å². The van der Waals surface area contributed by atoms with Gasteiger partial charge in [-0.2, -0.15) is 0 Å². The molecule has 1 aliphatic heterocycles. The molecule has 1 saturated heterocycles. The van der Waals surface area contributed by atoms with Gasteiger partial charge in [0.25, 0.3) is 5.91 Å². The zero-order valence-electron chi connectivity index (χ0n) is 19.2. The number of ether oxygens (including phenoxy) is 1. The van der Waals surface area contributed by atoms with Gasteiger partial charge in [-0.1, -0.05) is 48.5 Å². The van der Waals surface area contributed by atoms with Crippen molar-refractivity contribution in [2.45, 2.75) is 26.4 Å². The monoisotopic (exact) mass is 453 g/mol. The molecule has 172 valence electrons. The third-order valence-corrected chi connectivity index (χ3v) is 6.43. The molecule has 0 spiro atoms. The number of para-hydroxylation sites is 1. The second kappa shape index (κ2) is 9.51. The van der Waals surface area contributed by atoms with Crippen LogP contribution in [0.1, 0.15) is 44.8 Å². The molecule has 34 heavy (non-hydrogen) atoms. The lowest BCUT2D eigenvalue weighted by atomic mass is 9.88. The molecule has 2 aromatic heterocycles. The SMILES string of the molecule is Cc1cccn2cc(COc3ccccc3C(=O)N3CCC(C(=O)c4ccccc4)CC3)nc12. The Morgan fingerprint density at radius 3 is 2.47 bits per heavy atom. The minimum Gasteiger partial charge on any atom is -0.486 e. The Morgan fingerprint density at radius 1 is 0.971 bits per heavy atom. The molecule has 1 amide bonds. The fourth-order valence-corrected chi connectivity index (χ4v) is 4.55. The van der Waals surface area contributed by atoms with Crippen molar-refractivity contribution in [2.75, 3.05) is 13.1 Å². The van der Waals surface area contributed by atoms with Gasteiger partial charge in [-0.05, 0) is 43.5 Å². The maximum absolute atomic E-state index is 13.3. The molecule has 5 rings (SSSR count). The smallest absolute Gasteiger partial charge is 0.257 e. The van der Waals surface area contributed by atoms with Gasteiger partial charge in [-0.25, -0.2) is 4.98 Å². The van der Waals surface area contributed by atoms with Gasteiger partial charge in [-0.3, -0.25) is 9.59 Å². The minimum absolute atomic E-state index is 0.0450. The van der Waals surface area contributed by atoms with E-state index in [1.165, 1.54) is 0 Å². The van der Waals surface area contributed by atoms with Crippen LogP contribution < -0.4 is 4.74 Å². The Kier molecular flexibility index (Phi) is 6.12. The topological polar surface area (TPSA) is 63.9 Å². The number of fused-ring (bicyclic) bond motifs is 1. The second-order valence-corrected chi connectivity index (χ2v) is 8.74. The van der Waals surface area contributed by atoms with Crippen molar-refractivity contribution in [1.82, 2.24) is 14.3 Å². The summed E-state index contributed by atoms with van der Waals surface area (Å²) in [5.74, 6) is 0.603. The molecule has 0 aliphatic carbocycles. The van der Waals surface area contributed by atoms with Crippen molar-refractivity contribution in [1.29, 1.82) is 0 Å².